The van der Waals surface area contributed by atoms with Gasteiger partial charge in [0.25, 0.3) is 0 Å². The summed E-state index contributed by atoms with van der Waals surface area (Å²) in [6.45, 7) is 26.9. The van der Waals surface area contributed by atoms with Gasteiger partial charge in [-0.3, -0.25) is 14.4 Å². The van der Waals surface area contributed by atoms with Crippen molar-refractivity contribution in [1.82, 2.24) is 16.0 Å². The lowest BCUT2D eigenvalue weighted by atomic mass is 9.81. The van der Waals surface area contributed by atoms with Crippen molar-refractivity contribution in [2.24, 2.45) is 47.3 Å². The van der Waals surface area contributed by atoms with Gasteiger partial charge in [-0.25, -0.2) is 9.59 Å². The molecule has 32 heteroatoms. The number of nitrogens with one attached hydrogen (secondary N) is 3. The summed E-state index contributed by atoms with van der Waals surface area (Å²) in [5, 5.41) is 31.8. The van der Waals surface area contributed by atoms with Crippen LogP contribution in [0.5, 0.6) is 0 Å². The van der Waals surface area contributed by atoms with Crippen LogP contribution in [0, 0.1) is 47.3 Å². The van der Waals surface area contributed by atoms with Crippen LogP contribution >= 0.6 is 69.6 Å². The number of rotatable bonds is 25. The van der Waals surface area contributed by atoms with E-state index in [0.29, 0.717) is 25.7 Å². The van der Waals surface area contributed by atoms with Crippen molar-refractivity contribution in [2.45, 2.75) is 279 Å². The first-order chi connectivity index (χ1) is 44.1. The number of aliphatic hydroxyl groups excluding tert-OH is 2. The van der Waals surface area contributed by atoms with Crippen LogP contribution in [0.1, 0.15) is 136 Å². The fourth-order valence-electron chi connectivity index (χ4n) is 13.5. The van der Waals surface area contributed by atoms with E-state index < -0.39 is 204 Å². The van der Waals surface area contributed by atoms with Crippen LogP contribution in [-0.2, 0) is 90.2 Å². The summed E-state index contributed by atoms with van der Waals surface area (Å²) in [7, 11) is 0. The molecule has 30 atom stereocenters. The number of alkyl halides is 6. The molecule has 6 rings (SSSR count). The van der Waals surface area contributed by atoms with Gasteiger partial charge in [0.05, 0.1) is 79.7 Å². The first kappa shape index (κ1) is 81.1. The average molecular weight is 1470 g/mol. The highest BCUT2D eigenvalue weighted by Gasteiger charge is 2.57. The quantitative estimate of drug-likeness (QED) is 0.0326. The largest absolute Gasteiger partial charge is 0.463 e. The van der Waals surface area contributed by atoms with E-state index in [-0.39, 0.29) is 48.9 Å². The molecule has 0 bridgehead atoms. The summed E-state index contributed by atoms with van der Waals surface area (Å²) < 4.78 is 98.6. The van der Waals surface area contributed by atoms with Crippen molar-refractivity contribution >= 4 is 99.6 Å². The Labute approximate surface area is 582 Å². The molecule has 0 aromatic rings. The van der Waals surface area contributed by atoms with Crippen molar-refractivity contribution in [3.8, 4) is 0 Å². The molecule has 5 N–H and O–H groups in total. The Morgan fingerprint density at radius 3 is 1.24 bits per heavy atom. The number of ether oxygens (including phenoxy) is 16. The molecular formula is C62H101Cl6N3O23. The molecule has 0 saturated carbocycles. The topological polar surface area (TPSA) is 310 Å². The van der Waals surface area contributed by atoms with Gasteiger partial charge in [-0.15, -0.1) is 0 Å². The zero-order valence-corrected chi connectivity index (χ0v) is 61.0. The smallest absolute Gasteiger partial charge is 0.407 e. The minimum Gasteiger partial charge on any atom is -0.463 e. The van der Waals surface area contributed by atoms with Gasteiger partial charge in [0, 0.05) is 57.0 Å². The van der Waals surface area contributed by atoms with Crippen LogP contribution in [0.4, 0.5) is 9.59 Å². The van der Waals surface area contributed by atoms with Crippen LogP contribution in [-0.4, -0.2) is 216 Å². The zero-order chi connectivity index (χ0) is 70.0. The maximum absolute atomic E-state index is 13.8. The highest BCUT2D eigenvalue weighted by atomic mass is 35.6. The number of hydrogen-bond donors (Lipinski definition) is 5. The minimum absolute atomic E-state index is 0.0571. The molecule has 3 amide bonds. The monoisotopic (exact) mass is 1470 g/mol. The predicted molar refractivity (Wildman–Crippen MR) is 342 cm³/mol. The summed E-state index contributed by atoms with van der Waals surface area (Å²) in [5.74, 6) is -5.00. The lowest BCUT2D eigenvalue weighted by molar-refractivity contribution is -0.378. The molecule has 6 fully saturated rings. The molecule has 0 aliphatic carbocycles. The maximum atomic E-state index is 13.8. The molecule has 544 valence electrons. The summed E-state index contributed by atoms with van der Waals surface area (Å²) in [6.07, 6.45) is -18.4. The normalized spacial score (nSPS) is 41.4. The van der Waals surface area contributed by atoms with Gasteiger partial charge in [-0.2, -0.15) is 0 Å². The summed E-state index contributed by atoms with van der Waals surface area (Å²) in [5.41, 5.74) is 0. The Kier molecular flexibility index (Phi) is 31.2. The van der Waals surface area contributed by atoms with Crippen LogP contribution in [0.2, 0.25) is 0 Å². The van der Waals surface area contributed by atoms with E-state index in [2.05, 4.69) is 16.0 Å². The predicted octanol–water partition coefficient (Wildman–Crippen LogP) is 8.31. The molecule has 6 aliphatic heterocycles. The number of amides is 3. The Hall–Kier alpha value is -1.87. The molecule has 26 nitrogen and oxygen atoms in total. The molecule has 12 unspecified atom stereocenters. The second kappa shape index (κ2) is 36.1. The Morgan fingerprint density at radius 2 is 0.798 bits per heavy atom. The summed E-state index contributed by atoms with van der Waals surface area (Å²) in [4.78, 5) is 64.7. The number of hydrogen-bond acceptors (Lipinski definition) is 23. The number of carbonyl (C=O) groups excluding carboxylic acids is 5. The molecule has 0 radical (unpaired) electrons. The number of alkyl carbamates (subject to hydrolysis) is 2. The third-order valence-corrected chi connectivity index (χ3v) is 19.8. The maximum Gasteiger partial charge on any atom is 0.407 e. The van der Waals surface area contributed by atoms with Gasteiger partial charge in [0.1, 0.15) is 38.1 Å². The second-order valence-electron chi connectivity index (χ2n) is 25.7. The molecule has 0 spiro atoms. The van der Waals surface area contributed by atoms with E-state index in [9.17, 15) is 34.2 Å². The van der Waals surface area contributed by atoms with Gasteiger partial charge in [0.15, 0.2) is 43.8 Å². The van der Waals surface area contributed by atoms with Crippen LogP contribution in [0.25, 0.3) is 0 Å². The van der Waals surface area contributed by atoms with Crippen molar-refractivity contribution in [3.05, 3.63) is 0 Å². The van der Waals surface area contributed by atoms with E-state index in [1.54, 1.807) is 20.8 Å². The molecule has 6 aliphatic rings. The number of halogens is 6. The fourth-order valence-corrected chi connectivity index (χ4v) is 13.8. The van der Waals surface area contributed by atoms with Gasteiger partial charge in [-0.1, -0.05) is 153 Å². The number of aliphatic hydroxyl groups is 2. The SMILES string of the molecule is CCO[C@@H]1OC(CC)[C@@H](O[C@@H]2OC(CC)[C@@H](O[C@@H]3OC(CO)[C@@H](O)[C@H](O[C@H]4OC(CC)[C@@H](C)[C@H](C)C4O[C@@H]4OC(CC)[C@@H](O[C@@H]5OC(COC(C)=O)[C@H](C)[C@H](C)C5OC(C)=O)[C@H](C)C4NC(C)=O)C3C)[C@H](C)C2NC(=O)OCC(Cl)(Cl)Cl)[C@H](C)C1NC(=O)OCC(Cl)(Cl)Cl. The van der Waals surface area contributed by atoms with Crippen LogP contribution in [0.3, 0.4) is 0 Å². The van der Waals surface area contributed by atoms with Crippen molar-refractivity contribution in [2.75, 3.05) is 33.0 Å². The van der Waals surface area contributed by atoms with Crippen LogP contribution in [0.15, 0.2) is 0 Å². The molecule has 94 heavy (non-hydrogen) atoms. The van der Waals surface area contributed by atoms with Gasteiger partial charge in [-0.05, 0) is 50.4 Å². The summed E-state index contributed by atoms with van der Waals surface area (Å²) >= 11 is 35.7. The summed E-state index contributed by atoms with van der Waals surface area (Å²) in [6, 6.07) is -2.83. The number of carbonyl (C=O) groups is 5. The van der Waals surface area contributed by atoms with E-state index in [1.165, 1.54) is 20.8 Å². The standard InChI is InChI=1S/C62H101Cl6N3O23/c1-17-37-26(6)28(8)52(94-55-44(69-34(14)73)31(11)49(40(20-4)86-55)92-57-51(83-36(16)75)29(9)27(7)42(89-57)23-80-35(15)74)58(84-37)93-50-33(13)53(88-41(22-72)46(50)76)90-47-32(12)45(71-60(78)82-25-62(66,67)68)56(87-39(47)19-3)91-48-30(10)43(54(79-21-5)85-38(48)18-2)70-59(77)81-24-61(63,64)65/h26-33,37-58,72,76H,17-25H2,1-16H3,(H,69,73)(H,70,77)(H,71,78)/t26-,27+,28-,29-,30+,31+,32+,33?,37?,38?,39?,40?,41?,42?,43?,44?,45?,46+,47-,48-,49-,50+,51?,52?,53-,54+,55-,56-,57-,58+/m0/s1. The van der Waals surface area contributed by atoms with E-state index in [0.717, 1.165) is 0 Å². The molecular weight excluding hydrogens is 1370 g/mol. The molecule has 0 aromatic carbocycles. The molecule has 6 heterocycles. The third kappa shape index (κ3) is 21.1. The van der Waals surface area contributed by atoms with Crippen molar-refractivity contribution in [1.29, 1.82) is 0 Å². The Morgan fingerprint density at radius 1 is 0.415 bits per heavy atom. The van der Waals surface area contributed by atoms with Crippen molar-refractivity contribution < 1.29 is 110 Å². The van der Waals surface area contributed by atoms with E-state index in [1.807, 2.05) is 69.2 Å². The third-order valence-electron chi connectivity index (χ3n) is 19.2. The van der Waals surface area contributed by atoms with Crippen LogP contribution < -0.4 is 16.0 Å². The zero-order valence-electron chi connectivity index (χ0n) is 56.4. The highest BCUT2D eigenvalue weighted by Crippen LogP contribution is 2.45. The second-order valence-corrected chi connectivity index (χ2v) is 30.8. The Balaban J connectivity index is 1.28. The van der Waals surface area contributed by atoms with Gasteiger partial charge >= 0.3 is 24.1 Å². The van der Waals surface area contributed by atoms with Gasteiger partial charge in [0.2, 0.25) is 13.5 Å². The number of esters is 2. The minimum atomic E-state index is -1.97. The van der Waals surface area contributed by atoms with E-state index >= 15 is 0 Å². The van der Waals surface area contributed by atoms with E-state index in [4.69, 9.17) is 145 Å². The van der Waals surface area contributed by atoms with Crippen molar-refractivity contribution in [3.63, 3.8) is 0 Å². The lowest BCUT2D eigenvalue weighted by Gasteiger charge is -2.53. The fraction of sp³-hybridized carbons (Fsp3) is 0.919. The highest BCUT2D eigenvalue weighted by molar-refractivity contribution is 6.68. The average Bonchev–Trinajstić information content (AvgIpc) is 0.777. The first-order valence-corrected chi connectivity index (χ1v) is 35.1. The lowest BCUT2D eigenvalue weighted by Crippen LogP contribution is -2.66. The Bertz CT molecular complexity index is 2420. The molecule has 0 aromatic heterocycles. The first-order valence-electron chi connectivity index (χ1n) is 32.8. The molecule has 6 saturated heterocycles. The van der Waals surface area contributed by atoms with Gasteiger partial charge < -0.3 is 102 Å².